The molecule has 0 amide bonds. The molecule has 1 aromatic heterocycles. The van der Waals surface area contributed by atoms with Crippen molar-refractivity contribution in [2.75, 3.05) is 6.61 Å². The number of benzene rings is 2. The zero-order chi connectivity index (χ0) is 21.5. The minimum absolute atomic E-state index is 0.723. The summed E-state index contributed by atoms with van der Waals surface area (Å²) in [5.74, 6) is 8.80. The summed E-state index contributed by atoms with van der Waals surface area (Å²) < 4.78 is 5.94. The molecule has 1 fully saturated rings. The third kappa shape index (κ3) is 6.23. The van der Waals surface area contributed by atoms with Crippen LogP contribution in [0.5, 0.6) is 5.75 Å². The van der Waals surface area contributed by atoms with E-state index in [2.05, 4.69) is 23.4 Å². The molecule has 2 nitrogen and oxygen atoms in total. The largest absolute Gasteiger partial charge is 0.494 e. The van der Waals surface area contributed by atoms with Gasteiger partial charge in [0.1, 0.15) is 11.4 Å². The van der Waals surface area contributed by atoms with Crippen molar-refractivity contribution in [3.8, 4) is 28.7 Å². The molecule has 1 atom stereocenters. The van der Waals surface area contributed by atoms with Gasteiger partial charge in [0, 0.05) is 22.3 Å². The van der Waals surface area contributed by atoms with Crippen LogP contribution in [0.15, 0.2) is 79.5 Å². The first-order valence-electron chi connectivity index (χ1n) is 10.8. The molecule has 0 spiro atoms. The first-order chi connectivity index (χ1) is 15.2. The Morgan fingerprint density at radius 3 is 2.39 bits per heavy atom. The van der Waals surface area contributed by atoms with E-state index in [0.717, 1.165) is 64.4 Å². The van der Waals surface area contributed by atoms with E-state index < -0.39 is 0 Å². The first-order valence-corrected chi connectivity index (χ1v) is 11.2. The Morgan fingerprint density at radius 1 is 1.00 bits per heavy atom. The van der Waals surface area contributed by atoms with Gasteiger partial charge in [-0.3, -0.25) is 0 Å². The third-order valence-electron chi connectivity index (χ3n) is 5.65. The SMILES string of the molecule is C=CCC(CCOc1ccc(C#Cc2ccc(-c3ccc(Cl)cc3)cn2)cc1)C1CC1. The average Bonchev–Trinajstić information content (AvgIpc) is 3.64. The molecule has 156 valence electrons. The van der Waals surface area contributed by atoms with E-state index >= 15 is 0 Å². The smallest absolute Gasteiger partial charge is 0.119 e. The molecule has 1 aliphatic rings. The van der Waals surface area contributed by atoms with Crippen molar-refractivity contribution in [3.63, 3.8) is 0 Å². The third-order valence-corrected chi connectivity index (χ3v) is 5.90. The maximum absolute atomic E-state index is 5.95. The summed E-state index contributed by atoms with van der Waals surface area (Å²) in [6.07, 6.45) is 8.80. The first kappa shape index (κ1) is 21.2. The second-order valence-corrected chi connectivity index (χ2v) is 8.41. The molecule has 0 bridgehead atoms. The number of halogens is 1. The Labute approximate surface area is 190 Å². The lowest BCUT2D eigenvalue weighted by atomic mass is 9.96. The van der Waals surface area contributed by atoms with Gasteiger partial charge in [0.05, 0.1) is 6.61 Å². The van der Waals surface area contributed by atoms with Gasteiger partial charge in [-0.15, -0.1) is 6.58 Å². The van der Waals surface area contributed by atoms with Gasteiger partial charge < -0.3 is 4.74 Å². The maximum Gasteiger partial charge on any atom is 0.119 e. The number of allylic oxidation sites excluding steroid dienone is 1. The van der Waals surface area contributed by atoms with E-state index in [1.165, 1.54) is 12.8 Å². The van der Waals surface area contributed by atoms with Crippen LogP contribution in [0, 0.1) is 23.7 Å². The Morgan fingerprint density at radius 2 is 1.74 bits per heavy atom. The van der Waals surface area contributed by atoms with E-state index in [4.69, 9.17) is 16.3 Å². The van der Waals surface area contributed by atoms with Gasteiger partial charge in [-0.1, -0.05) is 41.8 Å². The van der Waals surface area contributed by atoms with Gasteiger partial charge in [-0.25, -0.2) is 4.98 Å². The van der Waals surface area contributed by atoms with Gasteiger partial charge >= 0.3 is 0 Å². The quantitative estimate of drug-likeness (QED) is 0.280. The normalized spacial score (nSPS) is 13.7. The topological polar surface area (TPSA) is 22.1 Å². The van der Waals surface area contributed by atoms with Crippen LogP contribution in [-0.2, 0) is 0 Å². The highest BCUT2D eigenvalue weighted by Gasteiger charge is 2.29. The lowest BCUT2D eigenvalue weighted by Crippen LogP contribution is -2.08. The summed E-state index contributed by atoms with van der Waals surface area (Å²) in [5.41, 5.74) is 3.81. The molecule has 1 aliphatic carbocycles. The number of hydrogen-bond acceptors (Lipinski definition) is 2. The summed E-state index contributed by atoms with van der Waals surface area (Å²) in [6.45, 7) is 4.64. The van der Waals surface area contributed by atoms with E-state index in [1.54, 1.807) is 0 Å². The standard InChI is InChI=1S/C28H26ClNO/c1-2-3-22(23-7-8-23)18-19-31-28-16-5-21(6-17-28)4-14-27-15-11-25(20-30-27)24-9-12-26(29)13-10-24/h2,5-6,9-13,15-17,20,22-23H,1,3,7-8,18-19H2. The molecule has 0 saturated heterocycles. The van der Waals surface area contributed by atoms with Crippen LogP contribution in [0.1, 0.15) is 36.9 Å². The van der Waals surface area contributed by atoms with Crippen LogP contribution in [0.25, 0.3) is 11.1 Å². The van der Waals surface area contributed by atoms with Crippen LogP contribution in [0.4, 0.5) is 0 Å². The van der Waals surface area contributed by atoms with Crippen molar-refractivity contribution in [3.05, 3.63) is 95.8 Å². The number of nitrogens with zero attached hydrogens (tertiary/aromatic N) is 1. The number of hydrogen-bond donors (Lipinski definition) is 0. The monoisotopic (exact) mass is 427 g/mol. The minimum atomic E-state index is 0.723. The number of rotatable bonds is 8. The fourth-order valence-electron chi connectivity index (χ4n) is 3.71. The average molecular weight is 428 g/mol. The van der Waals surface area contributed by atoms with Gasteiger partial charge in [0.2, 0.25) is 0 Å². The molecule has 3 heteroatoms. The zero-order valence-corrected chi connectivity index (χ0v) is 18.3. The lowest BCUT2D eigenvalue weighted by molar-refractivity contribution is 0.266. The van der Waals surface area contributed by atoms with E-state index in [1.807, 2.05) is 72.9 Å². The molecule has 0 radical (unpaired) electrons. The lowest BCUT2D eigenvalue weighted by Gasteiger charge is -2.14. The molecule has 0 aliphatic heterocycles. The Hall–Kier alpha value is -3.02. The predicted octanol–water partition coefficient (Wildman–Crippen LogP) is 7.17. The van der Waals surface area contributed by atoms with Crippen molar-refractivity contribution >= 4 is 11.6 Å². The van der Waals surface area contributed by atoms with Gasteiger partial charge in [-0.05, 0) is 91.5 Å². The van der Waals surface area contributed by atoms with Crippen molar-refractivity contribution < 1.29 is 4.74 Å². The molecule has 31 heavy (non-hydrogen) atoms. The van der Waals surface area contributed by atoms with Gasteiger partial charge in [-0.2, -0.15) is 0 Å². The van der Waals surface area contributed by atoms with E-state index in [-0.39, 0.29) is 0 Å². The Bertz CT molecular complexity index is 1060. The highest BCUT2D eigenvalue weighted by atomic mass is 35.5. The maximum atomic E-state index is 5.95. The number of pyridine rings is 1. The van der Waals surface area contributed by atoms with Gasteiger partial charge in [0.25, 0.3) is 0 Å². The fraction of sp³-hybridized carbons (Fsp3) is 0.250. The van der Waals surface area contributed by atoms with Crippen LogP contribution < -0.4 is 4.74 Å². The fourth-order valence-corrected chi connectivity index (χ4v) is 3.83. The molecule has 4 rings (SSSR count). The number of ether oxygens (including phenoxy) is 1. The molecule has 1 unspecified atom stereocenters. The summed E-state index contributed by atoms with van der Waals surface area (Å²) in [7, 11) is 0. The number of aromatic nitrogens is 1. The molecular formula is C28H26ClNO. The highest BCUT2D eigenvalue weighted by Crippen LogP contribution is 2.40. The van der Waals surface area contributed by atoms with Crippen molar-refractivity contribution in [2.45, 2.75) is 25.7 Å². The van der Waals surface area contributed by atoms with Crippen LogP contribution >= 0.6 is 11.6 Å². The predicted molar refractivity (Wildman–Crippen MR) is 128 cm³/mol. The van der Waals surface area contributed by atoms with E-state index in [0.29, 0.717) is 0 Å². The molecule has 0 N–H and O–H groups in total. The van der Waals surface area contributed by atoms with E-state index in [9.17, 15) is 0 Å². The zero-order valence-electron chi connectivity index (χ0n) is 17.6. The summed E-state index contributed by atoms with van der Waals surface area (Å²) in [4.78, 5) is 4.46. The Balaban J connectivity index is 1.31. The summed E-state index contributed by atoms with van der Waals surface area (Å²) in [6, 6.07) is 19.7. The molecule has 1 saturated carbocycles. The minimum Gasteiger partial charge on any atom is -0.494 e. The summed E-state index contributed by atoms with van der Waals surface area (Å²) >= 11 is 5.95. The van der Waals surface area contributed by atoms with Crippen LogP contribution in [0.2, 0.25) is 5.02 Å². The van der Waals surface area contributed by atoms with Crippen LogP contribution in [-0.4, -0.2) is 11.6 Å². The second-order valence-electron chi connectivity index (χ2n) is 7.97. The Kier molecular flexibility index (Phi) is 7.07. The highest BCUT2D eigenvalue weighted by molar-refractivity contribution is 6.30. The molecule has 2 aromatic carbocycles. The molecular weight excluding hydrogens is 402 g/mol. The van der Waals surface area contributed by atoms with Crippen molar-refractivity contribution in [2.24, 2.45) is 11.8 Å². The molecule has 3 aromatic rings. The van der Waals surface area contributed by atoms with Crippen molar-refractivity contribution in [1.29, 1.82) is 0 Å². The summed E-state index contributed by atoms with van der Waals surface area (Å²) in [5, 5.41) is 0.728. The molecule has 1 heterocycles. The van der Waals surface area contributed by atoms with Crippen molar-refractivity contribution in [1.82, 2.24) is 4.98 Å². The van der Waals surface area contributed by atoms with Crippen LogP contribution in [0.3, 0.4) is 0 Å². The van der Waals surface area contributed by atoms with Gasteiger partial charge in [0.15, 0.2) is 0 Å². The second kappa shape index (κ2) is 10.3.